The molecule has 1 aliphatic heterocycles. The van der Waals surface area contributed by atoms with E-state index in [4.69, 9.17) is 4.52 Å². The largest absolute Gasteiger partial charge is 0.382 e. The highest BCUT2D eigenvalue weighted by Crippen LogP contribution is 2.38. The van der Waals surface area contributed by atoms with Crippen LogP contribution in [0.2, 0.25) is 0 Å². The average Bonchev–Trinajstić information content (AvgIpc) is 3.34. The predicted octanol–water partition coefficient (Wildman–Crippen LogP) is 3.89. The number of hydrogen-bond donors (Lipinski definition) is 1. The first kappa shape index (κ1) is 15.6. The fourth-order valence-electron chi connectivity index (χ4n) is 3.47. The molecule has 1 N–H and O–H groups in total. The number of nitrogens with one attached hydrogen (secondary N) is 1. The SMILES string of the molecule is Cc1ccccc1NC1CCN([C@@H](C)c2nc(C3CC3)no2)CC1. The van der Waals surface area contributed by atoms with Crippen LogP contribution in [0.5, 0.6) is 0 Å². The van der Waals surface area contributed by atoms with Gasteiger partial charge in [-0.05, 0) is 51.2 Å². The van der Waals surface area contributed by atoms with Crippen LogP contribution < -0.4 is 5.32 Å². The van der Waals surface area contributed by atoms with Crippen LogP contribution >= 0.6 is 0 Å². The van der Waals surface area contributed by atoms with E-state index < -0.39 is 0 Å². The van der Waals surface area contributed by atoms with Gasteiger partial charge in [-0.25, -0.2) is 0 Å². The van der Waals surface area contributed by atoms with Crippen LogP contribution in [-0.4, -0.2) is 34.2 Å². The van der Waals surface area contributed by atoms with Gasteiger partial charge in [-0.1, -0.05) is 23.4 Å². The van der Waals surface area contributed by atoms with Gasteiger partial charge in [-0.3, -0.25) is 4.90 Å². The zero-order chi connectivity index (χ0) is 16.5. The van der Waals surface area contributed by atoms with Gasteiger partial charge in [-0.15, -0.1) is 0 Å². The van der Waals surface area contributed by atoms with E-state index in [2.05, 4.69) is 58.5 Å². The summed E-state index contributed by atoms with van der Waals surface area (Å²) in [5.41, 5.74) is 2.57. The molecule has 0 unspecified atom stereocenters. The molecule has 4 rings (SSSR count). The van der Waals surface area contributed by atoms with Crippen molar-refractivity contribution >= 4 is 5.69 Å². The fraction of sp³-hybridized carbons (Fsp3) is 0.579. The highest BCUT2D eigenvalue weighted by atomic mass is 16.5. The summed E-state index contributed by atoms with van der Waals surface area (Å²) in [5, 5.41) is 7.85. The van der Waals surface area contributed by atoms with E-state index in [-0.39, 0.29) is 6.04 Å². The molecule has 5 nitrogen and oxygen atoms in total. The Morgan fingerprint density at radius 1 is 1.17 bits per heavy atom. The third-order valence-electron chi connectivity index (χ3n) is 5.34. The third-order valence-corrected chi connectivity index (χ3v) is 5.34. The number of para-hydroxylation sites is 1. The zero-order valence-electron chi connectivity index (χ0n) is 14.5. The van der Waals surface area contributed by atoms with E-state index in [0.717, 1.165) is 37.6 Å². The molecule has 2 aromatic rings. The van der Waals surface area contributed by atoms with Gasteiger partial charge in [0.1, 0.15) is 0 Å². The summed E-state index contributed by atoms with van der Waals surface area (Å²) in [4.78, 5) is 7.07. The number of nitrogens with zero attached hydrogens (tertiary/aromatic N) is 3. The van der Waals surface area contributed by atoms with Crippen LogP contribution in [0.3, 0.4) is 0 Å². The van der Waals surface area contributed by atoms with Crippen molar-refractivity contribution in [3.63, 3.8) is 0 Å². The van der Waals surface area contributed by atoms with Gasteiger partial charge in [0.2, 0.25) is 5.89 Å². The van der Waals surface area contributed by atoms with E-state index in [1.807, 2.05) is 0 Å². The first-order valence-electron chi connectivity index (χ1n) is 9.10. The van der Waals surface area contributed by atoms with Crippen molar-refractivity contribution in [1.82, 2.24) is 15.0 Å². The molecule has 5 heteroatoms. The minimum atomic E-state index is 0.212. The standard InChI is InChI=1S/C19H26N4O/c1-13-5-3-4-6-17(13)20-16-9-11-23(12-10-16)14(2)19-21-18(22-24-19)15-7-8-15/h3-6,14-16,20H,7-12H2,1-2H3/t14-/m0/s1. The third kappa shape index (κ3) is 3.31. The number of piperidine rings is 1. The Hall–Kier alpha value is -1.88. The van der Waals surface area contributed by atoms with Crippen molar-refractivity contribution in [2.45, 2.75) is 57.5 Å². The van der Waals surface area contributed by atoms with Crippen LogP contribution in [0.15, 0.2) is 28.8 Å². The van der Waals surface area contributed by atoms with Gasteiger partial charge in [0.25, 0.3) is 0 Å². The van der Waals surface area contributed by atoms with Crippen LogP contribution in [0.25, 0.3) is 0 Å². The Morgan fingerprint density at radius 3 is 2.62 bits per heavy atom. The van der Waals surface area contributed by atoms with Crippen molar-refractivity contribution in [3.8, 4) is 0 Å². The molecule has 1 aromatic heterocycles. The van der Waals surface area contributed by atoms with Crippen LogP contribution in [0.4, 0.5) is 5.69 Å². The Morgan fingerprint density at radius 2 is 1.92 bits per heavy atom. The molecule has 2 fully saturated rings. The Kier molecular flexibility index (Phi) is 4.27. The van der Waals surface area contributed by atoms with Gasteiger partial charge in [-0.2, -0.15) is 4.98 Å². The van der Waals surface area contributed by atoms with Crippen LogP contribution in [0, 0.1) is 6.92 Å². The second-order valence-electron chi connectivity index (χ2n) is 7.21. The summed E-state index contributed by atoms with van der Waals surface area (Å²) in [6.07, 6.45) is 4.71. The maximum atomic E-state index is 5.50. The highest BCUT2D eigenvalue weighted by molar-refractivity contribution is 5.50. The van der Waals surface area contributed by atoms with Crippen molar-refractivity contribution < 1.29 is 4.52 Å². The molecule has 2 heterocycles. The smallest absolute Gasteiger partial charge is 0.243 e. The molecule has 1 aromatic carbocycles. The molecule has 24 heavy (non-hydrogen) atoms. The molecule has 1 atom stereocenters. The number of benzene rings is 1. The molecule has 0 radical (unpaired) electrons. The summed E-state index contributed by atoms with van der Waals surface area (Å²) in [5.74, 6) is 2.24. The minimum Gasteiger partial charge on any atom is -0.382 e. The number of aromatic nitrogens is 2. The Labute approximate surface area is 143 Å². The maximum absolute atomic E-state index is 5.50. The predicted molar refractivity (Wildman–Crippen MR) is 94.1 cm³/mol. The highest BCUT2D eigenvalue weighted by Gasteiger charge is 2.31. The molecule has 0 spiro atoms. The van der Waals surface area contributed by atoms with Crippen molar-refractivity contribution in [2.75, 3.05) is 18.4 Å². The van der Waals surface area contributed by atoms with Crippen molar-refractivity contribution in [2.24, 2.45) is 0 Å². The summed E-state index contributed by atoms with van der Waals surface area (Å²) >= 11 is 0. The Balaban J connectivity index is 1.32. The van der Waals surface area contributed by atoms with E-state index in [1.165, 1.54) is 24.1 Å². The molecule has 1 saturated carbocycles. The minimum absolute atomic E-state index is 0.212. The van der Waals surface area contributed by atoms with Crippen LogP contribution in [-0.2, 0) is 0 Å². The lowest BCUT2D eigenvalue weighted by Gasteiger charge is -2.35. The van der Waals surface area contributed by atoms with E-state index >= 15 is 0 Å². The molecule has 128 valence electrons. The van der Waals surface area contributed by atoms with Gasteiger partial charge in [0.05, 0.1) is 6.04 Å². The van der Waals surface area contributed by atoms with E-state index in [9.17, 15) is 0 Å². The molecule has 0 amide bonds. The number of likely N-dealkylation sites (tertiary alicyclic amines) is 1. The normalized spacial score (nSPS) is 20.9. The van der Waals surface area contributed by atoms with Crippen LogP contribution in [0.1, 0.15) is 61.8 Å². The number of anilines is 1. The molecule has 0 bridgehead atoms. The molecule has 2 aliphatic rings. The van der Waals surface area contributed by atoms with E-state index in [0.29, 0.717) is 12.0 Å². The number of aryl methyl sites for hydroxylation is 1. The lowest BCUT2D eigenvalue weighted by molar-refractivity contribution is 0.140. The molecular formula is C19H26N4O. The Bertz CT molecular complexity index is 686. The topological polar surface area (TPSA) is 54.2 Å². The summed E-state index contributed by atoms with van der Waals surface area (Å²) in [6, 6.07) is 9.27. The molecule has 1 saturated heterocycles. The summed E-state index contributed by atoms with van der Waals surface area (Å²) in [6.45, 7) is 6.46. The van der Waals surface area contributed by atoms with Crippen molar-refractivity contribution in [3.05, 3.63) is 41.5 Å². The average molecular weight is 326 g/mol. The lowest BCUT2D eigenvalue weighted by Crippen LogP contribution is -2.40. The second kappa shape index (κ2) is 6.55. The zero-order valence-corrected chi connectivity index (χ0v) is 14.5. The lowest BCUT2D eigenvalue weighted by atomic mass is 10.0. The van der Waals surface area contributed by atoms with Gasteiger partial charge in [0, 0.05) is 30.7 Å². The first-order valence-corrected chi connectivity index (χ1v) is 9.10. The quantitative estimate of drug-likeness (QED) is 0.903. The van der Waals surface area contributed by atoms with Gasteiger partial charge >= 0.3 is 0 Å². The van der Waals surface area contributed by atoms with Gasteiger partial charge in [0.15, 0.2) is 5.82 Å². The second-order valence-corrected chi connectivity index (χ2v) is 7.21. The molecule has 1 aliphatic carbocycles. The number of rotatable bonds is 5. The first-order chi connectivity index (χ1) is 11.7. The van der Waals surface area contributed by atoms with Crippen molar-refractivity contribution in [1.29, 1.82) is 0 Å². The maximum Gasteiger partial charge on any atom is 0.243 e. The fourth-order valence-corrected chi connectivity index (χ4v) is 3.47. The number of hydrogen-bond acceptors (Lipinski definition) is 5. The monoisotopic (exact) mass is 326 g/mol. The summed E-state index contributed by atoms with van der Waals surface area (Å²) in [7, 11) is 0. The summed E-state index contributed by atoms with van der Waals surface area (Å²) < 4.78 is 5.50. The molecular weight excluding hydrogens is 300 g/mol. The van der Waals surface area contributed by atoms with Gasteiger partial charge < -0.3 is 9.84 Å². The van der Waals surface area contributed by atoms with E-state index in [1.54, 1.807) is 0 Å².